The lowest BCUT2D eigenvalue weighted by Crippen LogP contribution is -2.35. The highest BCUT2D eigenvalue weighted by Gasteiger charge is 2.24. The molecule has 1 saturated heterocycles. The van der Waals surface area contributed by atoms with Gasteiger partial charge in [-0.05, 0) is 25.5 Å². The SMILES string of the molecule is CC(=O)NC1CCN(Cc2cc(Cl)cc(C(C)=O)c2O)C1. The molecule has 2 N–H and O–H groups in total. The minimum atomic E-state index is -0.214. The second-order valence-corrected chi connectivity index (χ2v) is 5.87. The van der Waals surface area contributed by atoms with Gasteiger partial charge in [0.15, 0.2) is 5.78 Å². The molecule has 1 aliphatic rings. The van der Waals surface area contributed by atoms with Gasteiger partial charge in [-0.15, -0.1) is 0 Å². The molecule has 2 rings (SSSR count). The summed E-state index contributed by atoms with van der Waals surface area (Å²) >= 11 is 6.01. The number of benzene rings is 1. The molecule has 1 aliphatic heterocycles. The van der Waals surface area contributed by atoms with Crippen molar-refractivity contribution >= 4 is 23.3 Å². The van der Waals surface area contributed by atoms with Crippen LogP contribution in [0.5, 0.6) is 5.75 Å². The van der Waals surface area contributed by atoms with Crippen LogP contribution in [0.15, 0.2) is 12.1 Å². The van der Waals surface area contributed by atoms with Gasteiger partial charge in [0.05, 0.1) is 5.56 Å². The van der Waals surface area contributed by atoms with E-state index in [4.69, 9.17) is 11.6 Å². The van der Waals surface area contributed by atoms with Crippen molar-refractivity contribution in [3.8, 4) is 5.75 Å². The summed E-state index contributed by atoms with van der Waals surface area (Å²) in [5.41, 5.74) is 0.881. The third-order valence-electron chi connectivity index (χ3n) is 3.61. The molecule has 0 aromatic heterocycles. The molecule has 114 valence electrons. The Bertz CT molecular complexity index is 574. The van der Waals surface area contributed by atoms with Crippen molar-refractivity contribution < 1.29 is 14.7 Å². The van der Waals surface area contributed by atoms with E-state index in [1.807, 2.05) is 0 Å². The van der Waals surface area contributed by atoms with Crippen molar-refractivity contribution in [1.29, 1.82) is 0 Å². The van der Waals surface area contributed by atoms with Crippen molar-refractivity contribution in [2.75, 3.05) is 13.1 Å². The van der Waals surface area contributed by atoms with Crippen molar-refractivity contribution in [3.05, 3.63) is 28.3 Å². The highest BCUT2D eigenvalue weighted by Crippen LogP contribution is 2.29. The molecule has 0 aliphatic carbocycles. The number of halogens is 1. The monoisotopic (exact) mass is 310 g/mol. The summed E-state index contributed by atoms with van der Waals surface area (Å²) in [5.74, 6) is -0.255. The fraction of sp³-hybridized carbons (Fsp3) is 0.467. The maximum absolute atomic E-state index is 11.5. The Labute approximate surface area is 128 Å². The number of rotatable bonds is 4. The van der Waals surface area contributed by atoms with E-state index in [1.165, 1.54) is 19.9 Å². The number of hydrogen-bond acceptors (Lipinski definition) is 4. The lowest BCUT2D eigenvalue weighted by Gasteiger charge is -2.18. The first-order valence-electron chi connectivity index (χ1n) is 6.88. The summed E-state index contributed by atoms with van der Waals surface area (Å²) < 4.78 is 0. The van der Waals surface area contributed by atoms with Gasteiger partial charge in [0.1, 0.15) is 5.75 Å². The van der Waals surface area contributed by atoms with Crippen LogP contribution in [0.4, 0.5) is 0 Å². The summed E-state index contributed by atoms with van der Waals surface area (Å²) in [5, 5.41) is 13.5. The van der Waals surface area contributed by atoms with E-state index < -0.39 is 0 Å². The van der Waals surface area contributed by atoms with Gasteiger partial charge in [0.2, 0.25) is 5.91 Å². The van der Waals surface area contributed by atoms with E-state index in [0.717, 1.165) is 19.5 Å². The number of aromatic hydroxyl groups is 1. The van der Waals surface area contributed by atoms with Crippen molar-refractivity contribution in [2.24, 2.45) is 0 Å². The first-order chi connectivity index (χ1) is 9.86. The Morgan fingerprint density at radius 2 is 2.14 bits per heavy atom. The number of ketones is 1. The summed E-state index contributed by atoms with van der Waals surface area (Å²) in [6, 6.07) is 3.29. The topological polar surface area (TPSA) is 69.6 Å². The zero-order valence-electron chi connectivity index (χ0n) is 12.1. The minimum Gasteiger partial charge on any atom is -0.507 e. The maximum Gasteiger partial charge on any atom is 0.217 e. The normalized spacial score (nSPS) is 18.7. The number of nitrogens with zero attached hydrogens (tertiary/aromatic N) is 1. The number of nitrogens with one attached hydrogen (secondary N) is 1. The Morgan fingerprint density at radius 1 is 1.43 bits per heavy atom. The van der Waals surface area contributed by atoms with Crippen LogP contribution in [0, 0.1) is 0 Å². The van der Waals surface area contributed by atoms with Crippen LogP contribution in [-0.4, -0.2) is 40.8 Å². The molecule has 5 nitrogen and oxygen atoms in total. The summed E-state index contributed by atoms with van der Waals surface area (Å²) in [7, 11) is 0. The molecular formula is C15H19ClN2O3. The molecule has 1 heterocycles. The van der Waals surface area contributed by atoms with E-state index in [1.54, 1.807) is 6.07 Å². The van der Waals surface area contributed by atoms with Gasteiger partial charge < -0.3 is 10.4 Å². The van der Waals surface area contributed by atoms with Crippen LogP contribution in [0.2, 0.25) is 5.02 Å². The summed E-state index contributed by atoms with van der Waals surface area (Å²) in [4.78, 5) is 24.7. The molecule has 0 bridgehead atoms. The highest BCUT2D eigenvalue weighted by molar-refractivity contribution is 6.31. The summed E-state index contributed by atoms with van der Waals surface area (Å²) in [6.45, 7) is 4.96. The molecule has 1 aromatic carbocycles. The zero-order chi connectivity index (χ0) is 15.6. The van der Waals surface area contributed by atoms with Crippen LogP contribution in [-0.2, 0) is 11.3 Å². The Balaban J connectivity index is 2.10. The van der Waals surface area contributed by atoms with Gasteiger partial charge in [-0.1, -0.05) is 11.6 Å². The van der Waals surface area contributed by atoms with Crippen molar-refractivity contribution in [3.63, 3.8) is 0 Å². The third-order valence-corrected chi connectivity index (χ3v) is 3.82. The molecule has 1 amide bonds. The van der Waals surface area contributed by atoms with E-state index in [2.05, 4.69) is 10.2 Å². The fourth-order valence-electron chi connectivity index (χ4n) is 2.67. The highest BCUT2D eigenvalue weighted by atomic mass is 35.5. The van der Waals surface area contributed by atoms with Gasteiger partial charge in [-0.3, -0.25) is 14.5 Å². The third kappa shape index (κ3) is 3.95. The standard InChI is InChI=1S/C15H19ClN2O3/c1-9(19)14-6-12(16)5-11(15(14)21)7-18-4-3-13(8-18)17-10(2)20/h5-6,13,21H,3-4,7-8H2,1-2H3,(H,17,20). The quantitative estimate of drug-likeness (QED) is 0.834. The second kappa shape index (κ2) is 6.45. The lowest BCUT2D eigenvalue weighted by atomic mass is 10.1. The number of likely N-dealkylation sites (tertiary alicyclic amines) is 1. The number of carbonyl (C=O) groups is 2. The summed E-state index contributed by atoms with van der Waals surface area (Å²) in [6.07, 6.45) is 0.875. The second-order valence-electron chi connectivity index (χ2n) is 5.44. The Morgan fingerprint density at radius 3 is 2.76 bits per heavy atom. The molecule has 1 aromatic rings. The molecule has 21 heavy (non-hydrogen) atoms. The van der Waals surface area contributed by atoms with Crippen LogP contribution in [0.3, 0.4) is 0 Å². The number of amides is 1. The number of phenols is 1. The molecule has 1 fully saturated rings. The smallest absolute Gasteiger partial charge is 0.217 e. The minimum absolute atomic E-state index is 0.00474. The van der Waals surface area contributed by atoms with Gasteiger partial charge in [-0.25, -0.2) is 0 Å². The van der Waals surface area contributed by atoms with Crippen molar-refractivity contribution in [1.82, 2.24) is 10.2 Å². The first-order valence-corrected chi connectivity index (χ1v) is 7.26. The number of phenolic OH excluding ortho intramolecular Hbond substituents is 1. The molecule has 1 unspecified atom stereocenters. The molecule has 0 radical (unpaired) electrons. The molecule has 1 atom stereocenters. The number of hydrogen-bond donors (Lipinski definition) is 2. The maximum atomic E-state index is 11.5. The van der Waals surface area contributed by atoms with E-state index in [-0.39, 0.29) is 29.0 Å². The van der Waals surface area contributed by atoms with Gasteiger partial charge in [0.25, 0.3) is 0 Å². The van der Waals surface area contributed by atoms with Gasteiger partial charge in [0, 0.05) is 43.2 Å². The first kappa shape index (κ1) is 15.8. The molecular weight excluding hydrogens is 292 g/mol. The van der Waals surface area contributed by atoms with E-state index in [0.29, 0.717) is 17.1 Å². The van der Waals surface area contributed by atoms with Crippen LogP contribution < -0.4 is 5.32 Å². The average molecular weight is 311 g/mol. The van der Waals surface area contributed by atoms with E-state index in [9.17, 15) is 14.7 Å². The molecule has 0 spiro atoms. The van der Waals surface area contributed by atoms with Gasteiger partial charge in [-0.2, -0.15) is 0 Å². The Hall–Kier alpha value is -1.59. The Kier molecular flexibility index (Phi) is 4.85. The fourth-order valence-corrected chi connectivity index (χ4v) is 2.91. The lowest BCUT2D eigenvalue weighted by molar-refractivity contribution is -0.119. The number of carbonyl (C=O) groups excluding carboxylic acids is 2. The average Bonchev–Trinajstić information content (AvgIpc) is 2.79. The predicted molar refractivity (Wildman–Crippen MR) is 80.6 cm³/mol. The van der Waals surface area contributed by atoms with Crippen LogP contribution >= 0.6 is 11.6 Å². The van der Waals surface area contributed by atoms with Crippen LogP contribution in [0.25, 0.3) is 0 Å². The predicted octanol–water partition coefficient (Wildman–Crippen LogP) is 1.96. The number of Topliss-reactive ketones (excluding diaryl/α,β-unsaturated/α-hetero) is 1. The molecule has 0 saturated carbocycles. The van der Waals surface area contributed by atoms with Gasteiger partial charge >= 0.3 is 0 Å². The zero-order valence-corrected chi connectivity index (χ0v) is 12.9. The van der Waals surface area contributed by atoms with Crippen molar-refractivity contribution in [2.45, 2.75) is 32.9 Å². The largest absolute Gasteiger partial charge is 0.507 e. The van der Waals surface area contributed by atoms with Crippen LogP contribution in [0.1, 0.15) is 36.2 Å². The van der Waals surface area contributed by atoms with E-state index >= 15 is 0 Å². The molecule has 6 heteroatoms.